The number of rotatable bonds is 0. The maximum absolute atomic E-state index is 2.42. The average Bonchev–Trinajstić information content (AvgIpc) is 2.99. The van der Waals surface area contributed by atoms with Gasteiger partial charge in [0.15, 0.2) is 0 Å². The van der Waals surface area contributed by atoms with Crippen LogP contribution in [0.1, 0.15) is 35.1 Å². The van der Waals surface area contributed by atoms with Crippen LogP contribution in [0.25, 0.3) is 0 Å². The summed E-state index contributed by atoms with van der Waals surface area (Å²) in [5.41, 5.74) is 7.79. The predicted octanol–water partition coefficient (Wildman–Crippen LogP) is 5.33. The molecule has 1 aliphatic heterocycles. The predicted molar refractivity (Wildman–Crippen MR) is 106 cm³/mol. The van der Waals surface area contributed by atoms with E-state index in [2.05, 4.69) is 60.3 Å². The van der Waals surface area contributed by atoms with Crippen molar-refractivity contribution in [3.8, 4) is 0 Å². The van der Waals surface area contributed by atoms with Crippen LogP contribution in [-0.2, 0) is 25.7 Å². The van der Waals surface area contributed by atoms with Crippen molar-refractivity contribution >= 4 is 11.8 Å². The molecular formula is C24H26S. The highest BCUT2D eigenvalue weighted by Gasteiger charge is 2.61. The van der Waals surface area contributed by atoms with E-state index in [-0.39, 0.29) is 0 Å². The Morgan fingerprint density at radius 1 is 0.640 bits per heavy atom. The molecule has 0 amide bonds. The number of hydrogen-bond donors (Lipinski definition) is 0. The average molecular weight is 347 g/mol. The zero-order valence-electron chi connectivity index (χ0n) is 14.8. The van der Waals surface area contributed by atoms with Gasteiger partial charge in [-0.05, 0) is 95.0 Å². The summed E-state index contributed by atoms with van der Waals surface area (Å²) in [6, 6.07) is 18.6. The van der Waals surface area contributed by atoms with Crippen molar-refractivity contribution in [2.45, 2.75) is 38.5 Å². The zero-order chi connectivity index (χ0) is 16.5. The summed E-state index contributed by atoms with van der Waals surface area (Å²) >= 11 is 2.27. The Balaban J connectivity index is 1.42. The molecule has 0 bridgehead atoms. The van der Waals surface area contributed by atoms with Gasteiger partial charge in [-0.3, -0.25) is 0 Å². The van der Waals surface area contributed by atoms with Gasteiger partial charge in [0.05, 0.1) is 0 Å². The normalized spacial score (nSPS) is 38.1. The summed E-state index contributed by atoms with van der Waals surface area (Å²) in [7, 11) is 0. The Hall–Kier alpha value is -1.21. The standard InChI is InChI=1S/C24H26S/c1-2-6-18-10-22-14-24-12-20-8-4-3-7-19(20)11-23(24,15-25-16-24)13-21(22)9-17(18)5-1/h1-8,21-22H,9-16H2/t21-,22-,23+,24+/m0/s1. The van der Waals surface area contributed by atoms with Crippen LogP contribution in [0.2, 0.25) is 0 Å². The molecule has 3 aliphatic carbocycles. The molecule has 0 N–H and O–H groups in total. The smallest absolute Gasteiger partial charge is 0.000156 e. The minimum atomic E-state index is 0.583. The molecule has 4 aliphatic rings. The number of hydrogen-bond acceptors (Lipinski definition) is 1. The molecule has 0 nitrogen and oxygen atoms in total. The first-order valence-electron chi connectivity index (χ1n) is 9.98. The number of fused-ring (bicyclic) bond motifs is 3. The highest BCUT2D eigenvalue weighted by atomic mass is 32.2. The van der Waals surface area contributed by atoms with E-state index in [4.69, 9.17) is 0 Å². The van der Waals surface area contributed by atoms with Crippen molar-refractivity contribution in [2.24, 2.45) is 22.7 Å². The van der Waals surface area contributed by atoms with E-state index in [1.165, 1.54) is 50.0 Å². The van der Waals surface area contributed by atoms with Crippen molar-refractivity contribution < 1.29 is 0 Å². The van der Waals surface area contributed by atoms with E-state index in [1.54, 1.807) is 22.3 Å². The monoisotopic (exact) mass is 346 g/mol. The summed E-state index contributed by atoms with van der Waals surface area (Å²) in [6.07, 6.45) is 8.33. The SMILES string of the molecule is c1ccc2c(c1)C[C@H]1C[C@]34CSC[C@@]3(Cc3ccccc3C4)C[C@@H]1C2. The van der Waals surface area contributed by atoms with Gasteiger partial charge in [-0.25, -0.2) is 0 Å². The van der Waals surface area contributed by atoms with Crippen molar-refractivity contribution in [3.05, 3.63) is 70.8 Å². The lowest BCUT2D eigenvalue weighted by atomic mass is 9.45. The lowest BCUT2D eigenvalue weighted by molar-refractivity contribution is -0.0388. The lowest BCUT2D eigenvalue weighted by Crippen LogP contribution is -2.55. The molecule has 2 fully saturated rings. The second-order valence-corrected chi connectivity index (χ2v) is 10.3. The first kappa shape index (κ1) is 14.9. The Morgan fingerprint density at radius 2 is 1.08 bits per heavy atom. The van der Waals surface area contributed by atoms with Gasteiger partial charge in [0.2, 0.25) is 0 Å². The minimum absolute atomic E-state index is 0.583. The molecule has 0 radical (unpaired) electrons. The van der Waals surface area contributed by atoms with Crippen LogP contribution in [-0.4, -0.2) is 11.5 Å². The summed E-state index contributed by atoms with van der Waals surface area (Å²) in [5, 5.41) is 0. The second-order valence-electron chi connectivity index (χ2n) is 9.28. The quantitative estimate of drug-likeness (QED) is 0.621. The van der Waals surface area contributed by atoms with Gasteiger partial charge >= 0.3 is 0 Å². The van der Waals surface area contributed by atoms with Gasteiger partial charge in [0, 0.05) is 0 Å². The molecule has 25 heavy (non-hydrogen) atoms. The molecule has 6 rings (SSSR count). The molecule has 0 spiro atoms. The van der Waals surface area contributed by atoms with Crippen LogP contribution >= 0.6 is 11.8 Å². The largest absolute Gasteiger partial charge is 0.161 e. The first-order valence-corrected chi connectivity index (χ1v) is 11.1. The van der Waals surface area contributed by atoms with Crippen LogP contribution in [0, 0.1) is 22.7 Å². The van der Waals surface area contributed by atoms with Gasteiger partial charge in [0.25, 0.3) is 0 Å². The van der Waals surface area contributed by atoms with Crippen LogP contribution in [0.15, 0.2) is 48.5 Å². The van der Waals surface area contributed by atoms with Crippen LogP contribution in [0.4, 0.5) is 0 Å². The first-order chi connectivity index (χ1) is 12.3. The molecule has 2 aromatic rings. The zero-order valence-corrected chi connectivity index (χ0v) is 15.7. The third kappa shape index (κ3) is 2.02. The fraction of sp³-hybridized carbons (Fsp3) is 0.500. The summed E-state index contributed by atoms with van der Waals surface area (Å²) in [5.74, 6) is 4.66. The fourth-order valence-corrected chi connectivity index (χ4v) is 8.82. The Bertz CT molecular complexity index is 771. The van der Waals surface area contributed by atoms with Crippen molar-refractivity contribution in [1.29, 1.82) is 0 Å². The molecule has 1 heterocycles. The number of thioether (sulfide) groups is 1. The van der Waals surface area contributed by atoms with E-state index in [0.717, 1.165) is 11.8 Å². The maximum atomic E-state index is 2.42. The molecule has 1 heteroatoms. The highest BCUT2D eigenvalue weighted by molar-refractivity contribution is 7.99. The minimum Gasteiger partial charge on any atom is -0.161 e. The lowest BCUT2D eigenvalue weighted by Gasteiger charge is -2.58. The topological polar surface area (TPSA) is 0 Å². The molecule has 0 unspecified atom stereocenters. The Labute approximate surface area is 155 Å². The molecule has 1 saturated heterocycles. The molecule has 128 valence electrons. The molecule has 1 saturated carbocycles. The van der Waals surface area contributed by atoms with Crippen LogP contribution < -0.4 is 0 Å². The van der Waals surface area contributed by atoms with Gasteiger partial charge < -0.3 is 0 Å². The summed E-state index contributed by atoms with van der Waals surface area (Å²) < 4.78 is 0. The summed E-state index contributed by atoms with van der Waals surface area (Å²) in [6.45, 7) is 0. The third-order valence-electron chi connectivity index (χ3n) is 8.11. The molecule has 4 atom stereocenters. The van der Waals surface area contributed by atoms with Crippen molar-refractivity contribution in [3.63, 3.8) is 0 Å². The van der Waals surface area contributed by atoms with E-state index in [0.29, 0.717) is 10.8 Å². The van der Waals surface area contributed by atoms with Crippen molar-refractivity contribution in [2.75, 3.05) is 11.5 Å². The Morgan fingerprint density at radius 3 is 1.56 bits per heavy atom. The van der Waals surface area contributed by atoms with Crippen LogP contribution in [0.3, 0.4) is 0 Å². The van der Waals surface area contributed by atoms with Gasteiger partial charge in [-0.15, -0.1) is 0 Å². The van der Waals surface area contributed by atoms with Crippen molar-refractivity contribution in [1.82, 2.24) is 0 Å². The molecule has 0 aromatic heterocycles. The maximum Gasteiger partial charge on any atom is -0.000156 e. The van der Waals surface area contributed by atoms with E-state index >= 15 is 0 Å². The van der Waals surface area contributed by atoms with E-state index in [1.807, 2.05) is 0 Å². The van der Waals surface area contributed by atoms with Gasteiger partial charge in [0.1, 0.15) is 0 Å². The van der Waals surface area contributed by atoms with Gasteiger partial charge in [-0.2, -0.15) is 11.8 Å². The third-order valence-corrected chi connectivity index (χ3v) is 9.63. The second kappa shape index (κ2) is 5.16. The van der Waals surface area contributed by atoms with E-state index < -0.39 is 0 Å². The fourth-order valence-electron chi connectivity index (χ4n) is 6.89. The van der Waals surface area contributed by atoms with Crippen LogP contribution in [0.5, 0.6) is 0 Å². The number of benzene rings is 2. The Kier molecular flexibility index (Phi) is 3.08. The van der Waals surface area contributed by atoms with Gasteiger partial charge in [-0.1, -0.05) is 48.5 Å². The highest BCUT2D eigenvalue weighted by Crippen LogP contribution is 2.67. The van der Waals surface area contributed by atoms with E-state index in [9.17, 15) is 0 Å². The summed E-state index contributed by atoms with van der Waals surface area (Å²) in [4.78, 5) is 0. The molecular weight excluding hydrogens is 320 g/mol. The molecule has 2 aromatic carbocycles.